The zero-order valence-corrected chi connectivity index (χ0v) is 11.0. The Morgan fingerprint density at radius 3 is 2.88 bits per heavy atom. The van der Waals surface area contributed by atoms with Crippen molar-refractivity contribution in [3.8, 4) is 0 Å². The van der Waals surface area contributed by atoms with Gasteiger partial charge in [0.1, 0.15) is 0 Å². The van der Waals surface area contributed by atoms with Crippen LogP contribution in [0.4, 0.5) is 0 Å². The first-order valence-corrected chi connectivity index (χ1v) is 6.40. The van der Waals surface area contributed by atoms with Gasteiger partial charge in [0, 0.05) is 26.2 Å². The molecule has 5 heteroatoms. The van der Waals surface area contributed by atoms with Gasteiger partial charge in [-0.05, 0) is 26.3 Å². The van der Waals surface area contributed by atoms with Crippen LogP contribution in [0, 0.1) is 0 Å². The second kappa shape index (κ2) is 8.00. The Hall–Kier alpha value is -0.200. The summed E-state index contributed by atoms with van der Waals surface area (Å²) in [7, 11) is 1.73. The molecule has 0 amide bonds. The molecular weight excluding hydrogens is 220 g/mol. The summed E-state index contributed by atoms with van der Waals surface area (Å²) in [6.45, 7) is 5.22. The molecule has 0 saturated carbocycles. The Morgan fingerprint density at radius 1 is 1.53 bits per heavy atom. The lowest BCUT2D eigenvalue weighted by molar-refractivity contribution is -0.111. The standard InChI is InChI=1S/C12H26N2O3/c1-10-6-14(7-12(8-15)17-10)11(9-16-2)4-3-5-13/h10-12,15H,3-9,13H2,1-2H3. The van der Waals surface area contributed by atoms with Gasteiger partial charge in [-0.2, -0.15) is 0 Å². The number of nitrogens with zero attached hydrogens (tertiary/aromatic N) is 1. The molecule has 1 aliphatic heterocycles. The summed E-state index contributed by atoms with van der Waals surface area (Å²) in [5, 5.41) is 9.21. The predicted molar refractivity (Wildman–Crippen MR) is 66.9 cm³/mol. The van der Waals surface area contributed by atoms with Crippen molar-refractivity contribution in [3.05, 3.63) is 0 Å². The zero-order chi connectivity index (χ0) is 12.7. The van der Waals surface area contributed by atoms with Crippen LogP contribution >= 0.6 is 0 Å². The van der Waals surface area contributed by atoms with Crippen LogP contribution in [0.25, 0.3) is 0 Å². The third-order valence-corrected chi connectivity index (χ3v) is 3.18. The van der Waals surface area contributed by atoms with Gasteiger partial charge >= 0.3 is 0 Å². The number of aliphatic hydroxyl groups excluding tert-OH is 1. The molecule has 17 heavy (non-hydrogen) atoms. The maximum absolute atomic E-state index is 9.21. The van der Waals surface area contributed by atoms with Crippen molar-refractivity contribution in [3.63, 3.8) is 0 Å². The number of rotatable bonds is 7. The summed E-state index contributed by atoms with van der Waals surface area (Å²) in [6, 6.07) is 0.379. The second-order valence-corrected chi connectivity index (χ2v) is 4.75. The molecule has 0 bridgehead atoms. The lowest BCUT2D eigenvalue weighted by Gasteiger charge is -2.40. The molecule has 3 unspecified atom stereocenters. The van der Waals surface area contributed by atoms with Crippen LogP contribution < -0.4 is 5.73 Å². The first-order valence-electron chi connectivity index (χ1n) is 6.40. The Bertz CT molecular complexity index is 204. The summed E-state index contributed by atoms with van der Waals surface area (Å²) >= 11 is 0. The number of nitrogens with two attached hydrogens (primary N) is 1. The van der Waals surface area contributed by atoms with E-state index in [1.807, 2.05) is 6.92 Å². The average molecular weight is 246 g/mol. The molecule has 0 radical (unpaired) electrons. The molecule has 0 spiro atoms. The van der Waals surface area contributed by atoms with Gasteiger partial charge in [0.05, 0.1) is 25.4 Å². The fourth-order valence-electron chi connectivity index (χ4n) is 2.40. The second-order valence-electron chi connectivity index (χ2n) is 4.75. The van der Waals surface area contributed by atoms with Crippen LogP contribution in [0.5, 0.6) is 0 Å². The molecule has 0 aromatic heterocycles. The van der Waals surface area contributed by atoms with Crippen molar-refractivity contribution in [2.24, 2.45) is 5.73 Å². The summed E-state index contributed by atoms with van der Waals surface area (Å²) in [5.74, 6) is 0. The highest BCUT2D eigenvalue weighted by Crippen LogP contribution is 2.16. The maximum Gasteiger partial charge on any atom is 0.0936 e. The predicted octanol–water partition coefficient (Wildman–Crippen LogP) is -0.178. The monoisotopic (exact) mass is 246 g/mol. The maximum atomic E-state index is 9.21. The molecule has 0 aromatic rings. The normalized spacial score (nSPS) is 28.2. The van der Waals surface area contributed by atoms with Gasteiger partial charge in [-0.15, -0.1) is 0 Å². The van der Waals surface area contributed by atoms with E-state index in [2.05, 4.69) is 4.90 Å². The topological polar surface area (TPSA) is 68.0 Å². The molecule has 102 valence electrons. The number of hydrogen-bond donors (Lipinski definition) is 2. The van der Waals surface area contributed by atoms with Gasteiger partial charge in [0.15, 0.2) is 0 Å². The highest BCUT2D eigenvalue weighted by molar-refractivity contribution is 4.81. The summed E-state index contributed by atoms with van der Waals surface area (Å²) < 4.78 is 10.9. The molecule has 5 nitrogen and oxygen atoms in total. The minimum atomic E-state index is -0.0732. The van der Waals surface area contributed by atoms with E-state index in [1.165, 1.54) is 0 Å². The third kappa shape index (κ3) is 4.89. The van der Waals surface area contributed by atoms with Crippen molar-refractivity contribution >= 4 is 0 Å². The van der Waals surface area contributed by atoms with E-state index in [-0.39, 0.29) is 18.8 Å². The minimum absolute atomic E-state index is 0.0732. The van der Waals surface area contributed by atoms with E-state index in [4.69, 9.17) is 15.2 Å². The van der Waals surface area contributed by atoms with E-state index in [1.54, 1.807) is 7.11 Å². The van der Waals surface area contributed by atoms with Gasteiger partial charge in [-0.1, -0.05) is 0 Å². The van der Waals surface area contributed by atoms with Crippen LogP contribution in [-0.4, -0.2) is 68.2 Å². The molecule has 1 heterocycles. The van der Waals surface area contributed by atoms with Crippen molar-refractivity contribution < 1.29 is 14.6 Å². The van der Waals surface area contributed by atoms with E-state index in [0.717, 1.165) is 25.9 Å². The minimum Gasteiger partial charge on any atom is -0.394 e. The van der Waals surface area contributed by atoms with Gasteiger partial charge < -0.3 is 20.3 Å². The van der Waals surface area contributed by atoms with E-state index < -0.39 is 0 Å². The Labute approximate surface area is 104 Å². The van der Waals surface area contributed by atoms with E-state index in [0.29, 0.717) is 19.2 Å². The van der Waals surface area contributed by atoms with E-state index in [9.17, 15) is 5.11 Å². The van der Waals surface area contributed by atoms with Gasteiger partial charge in [-0.3, -0.25) is 4.90 Å². The van der Waals surface area contributed by atoms with Gasteiger partial charge in [0.2, 0.25) is 0 Å². The van der Waals surface area contributed by atoms with Gasteiger partial charge in [0.25, 0.3) is 0 Å². The van der Waals surface area contributed by atoms with Crippen molar-refractivity contribution in [2.45, 2.75) is 38.0 Å². The molecule has 1 rings (SSSR count). The lowest BCUT2D eigenvalue weighted by atomic mass is 10.1. The molecule has 1 saturated heterocycles. The van der Waals surface area contributed by atoms with Crippen LogP contribution in [0.1, 0.15) is 19.8 Å². The fourth-order valence-corrected chi connectivity index (χ4v) is 2.40. The van der Waals surface area contributed by atoms with Crippen molar-refractivity contribution in [2.75, 3.05) is 40.0 Å². The van der Waals surface area contributed by atoms with Crippen molar-refractivity contribution in [1.82, 2.24) is 4.90 Å². The third-order valence-electron chi connectivity index (χ3n) is 3.18. The summed E-state index contributed by atoms with van der Waals surface area (Å²) in [6.07, 6.45) is 2.13. The number of morpholine rings is 1. The molecular formula is C12H26N2O3. The fraction of sp³-hybridized carbons (Fsp3) is 1.00. The molecule has 0 aromatic carbocycles. The molecule has 3 N–H and O–H groups in total. The van der Waals surface area contributed by atoms with Crippen LogP contribution in [0.2, 0.25) is 0 Å². The number of methoxy groups -OCH3 is 1. The number of ether oxygens (including phenoxy) is 2. The average Bonchev–Trinajstić information content (AvgIpc) is 2.33. The first-order chi connectivity index (χ1) is 8.21. The number of hydrogen-bond acceptors (Lipinski definition) is 5. The highest BCUT2D eigenvalue weighted by Gasteiger charge is 2.29. The van der Waals surface area contributed by atoms with E-state index >= 15 is 0 Å². The zero-order valence-electron chi connectivity index (χ0n) is 11.0. The SMILES string of the molecule is COCC(CCCN)N1CC(C)OC(CO)C1. The largest absolute Gasteiger partial charge is 0.394 e. The first kappa shape index (κ1) is 14.9. The highest BCUT2D eigenvalue weighted by atomic mass is 16.5. The Balaban J connectivity index is 2.51. The Kier molecular flexibility index (Phi) is 6.99. The summed E-state index contributed by atoms with van der Waals surface area (Å²) in [5.41, 5.74) is 5.56. The van der Waals surface area contributed by atoms with Gasteiger partial charge in [-0.25, -0.2) is 0 Å². The van der Waals surface area contributed by atoms with Crippen LogP contribution in [0.3, 0.4) is 0 Å². The Morgan fingerprint density at radius 2 is 2.29 bits per heavy atom. The molecule has 3 atom stereocenters. The van der Waals surface area contributed by atoms with Crippen LogP contribution in [0.15, 0.2) is 0 Å². The number of aliphatic hydroxyl groups is 1. The van der Waals surface area contributed by atoms with Crippen molar-refractivity contribution in [1.29, 1.82) is 0 Å². The molecule has 1 aliphatic rings. The lowest BCUT2D eigenvalue weighted by Crippen LogP contribution is -2.53. The van der Waals surface area contributed by atoms with Crippen LogP contribution in [-0.2, 0) is 9.47 Å². The molecule has 1 fully saturated rings. The quantitative estimate of drug-likeness (QED) is 0.652. The molecule has 0 aliphatic carbocycles. The smallest absolute Gasteiger partial charge is 0.0936 e. The summed E-state index contributed by atoms with van der Waals surface area (Å²) in [4.78, 5) is 2.36.